The second-order valence-electron chi connectivity index (χ2n) is 5.90. The normalized spacial score (nSPS) is 11.5. The Bertz CT molecular complexity index is 1210. The highest BCUT2D eigenvalue weighted by molar-refractivity contribution is 8.01. The van der Waals surface area contributed by atoms with E-state index >= 15 is 0 Å². The van der Waals surface area contributed by atoms with Crippen molar-refractivity contribution in [1.29, 1.82) is 0 Å². The fraction of sp³-hybridized carbons (Fsp3) is 0.105. The summed E-state index contributed by atoms with van der Waals surface area (Å²) in [5, 5.41) is 12.7. The maximum atomic E-state index is 13.2. The second kappa shape index (κ2) is 8.36. The van der Waals surface area contributed by atoms with Gasteiger partial charge in [-0.05, 0) is 17.9 Å². The number of benzene rings is 2. The summed E-state index contributed by atoms with van der Waals surface area (Å²) in [6.07, 6.45) is 1.52. The smallest absolute Gasteiger partial charge is 0.253 e. The van der Waals surface area contributed by atoms with Crippen molar-refractivity contribution in [1.82, 2.24) is 20.0 Å². The number of rotatable bonds is 7. The van der Waals surface area contributed by atoms with Crippen molar-refractivity contribution in [3.63, 3.8) is 0 Å². The average molecular weight is 444 g/mol. The van der Waals surface area contributed by atoms with E-state index < -0.39 is 10.0 Å². The maximum absolute atomic E-state index is 13.2. The van der Waals surface area contributed by atoms with Gasteiger partial charge < -0.3 is 0 Å². The first-order chi connectivity index (χ1) is 14.1. The van der Waals surface area contributed by atoms with Gasteiger partial charge in [0.1, 0.15) is 10.6 Å². The lowest BCUT2D eigenvalue weighted by molar-refractivity contribution is 0.601. The molecule has 0 bridgehead atoms. The molecule has 2 aromatic heterocycles. The molecule has 29 heavy (non-hydrogen) atoms. The van der Waals surface area contributed by atoms with Gasteiger partial charge in [0.2, 0.25) is 5.13 Å². The molecule has 0 radical (unpaired) electrons. The molecule has 2 aromatic carbocycles. The van der Waals surface area contributed by atoms with E-state index in [1.54, 1.807) is 4.68 Å². The maximum Gasteiger partial charge on any atom is 0.267 e. The summed E-state index contributed by atoms with van der Waals surface area (Å²) in [7, 11) is -3.92. The lowest BCUT2D eigenvalue weighted by Crippen LogP contribution is -2.13. The first-order valence-corrected chi connectivity index (χ1v) is 12.0. The third-order valence-electron chi connectivity index (χ3n) is 3.93. The van der Waals surface area contributed by atoms with E-state index in [9.17, 15) is 8.42 Å². The van der Waals surface area contributed by atoms with E-state index in [1.165, 1.54) is 29.3 Å². The lowest BCUT2D eigenvalue weighted by atomic mass is 10.2. The van der Waals surface area contributed by atoms with E-state index in [4.69, 9.17) is 0 Å². The molecule has 0 amide bonds. The molecule has 148 valence electrons. The van der Waals surface area contributed by atoms with Crippen LogP contribution in [-0.2, 0) is 10.0 Å². The Balaban J connectivity index is 1.77. The Morgan fingerprint density at radius 1 is 1.03 bits per heavy atom. The molecule has 0 saturated heterocycles. The van der Waals surface area contributed by atoms with E-state index in [0.717, 1.165) is 11.4 Å². The molecule has 0 spiro atoms. The van der Waals surface area contributed by atoms with Crippen molar-refractivity contribution in [2.45, 2.75) is 16.2 Å². The molecule has 4 aromatic rings. The minimum Gasteiger partial charge on any atom is -0.253 e. The van der Waals surface area contributed by atoms with Gasteiger partial charge in [0, 0.05) is 5.56 Å². The Morgan fingerprint density at radius 3 is 2.41 bits per heavy atom. The zero-order valence-corrected chi connectivity index (χ0v) is 17.8. The number of hydrogen-bond donors (Lipinski definition) is 1. The molecule has 0 aliphatic heterocycles. The van der Waals surface area contributed by atoms with Gasteiger partial charge in [-0.15, -0.1) is 10.2 Å². The molecule has 0 aliphatic rings. The van der Waals surface area contributed by atoms with Crippen LogP contribution in [0.1, 0.15) is 6.92 Å². The molecule has 0 fully saturated rings. The third-order valence-corrected chi connectivity index (χ3v) is 7.26. The van der Waals surface area contributed by atoms with Gasteiger partial charge in [0.25, 0.3) is 10.0 Å². The predicted octanol–water partition coefficient (Wildman–Crippen LogP) is 4.30. The van der Waals surface area contributed by atoms with Gasteiger partial charge in [-0.3, -0.25) is 4.72 Å². The first-order valence-electron chi connectivity index (χ1n) is 8.76. The van der Waals surface area contributed by atoms with Gasteiger partial charge in [0.05, 0.1) is 11.9 Å². The van der Waals surface area contributed by atoms with E-state index in [2.05, 4.69) is 20.0 Å². The minimum absolute atomic E-state index is 0.0763. The van der Waals surface area contributed by atoms with Crippen LogP contribution in [0.4, 0.5) is 5.13 Å². The summed E-state index contributed by atoms with van der Waals surface area (Å²) in [5.74, 6) is 0.837. The molecule has 0 unspecified atom stereocenters. The molecule has 2 heterocycles. The quantitative estimate of drug-likeness (QED) is 0.428. The summed E-state index contributed by atoms with van der Waals surface area (Å²) in [4.78, 5) is 0.0763. The molecule has 0 saturated carbocycles. The average Bonchev–Trinajstić information content (AvgIpc) is 3.37. The van der Waals surface area contributed by atoms with Gasteiger partial charge in [0.15, 0.2) is 4.34 Å². The molecular weight excluding hydrogens is 426 g/mol. The summed E-state index contributed by atoms with van der Waals surface area (Å²) in [6, 6.07) is 18.6. The van der Waals surface area contributed by atoms with Gasteiger partial charge in [-0.2, -0.15) is 5.10 Å². The highest BCUT2D eigenvalue weighted by atomic mass is 32.2. The molecular formula is C19H17N5O2S3. The van der Waals surface area contributed by atoms with Crippen LogP contribution in [0.25, 0.3) is 16.9 Å². The molecule has 7 nitrogen and oxygen atoms in total. The topological polar surface area (TPSA) is 89.8 Å². The third kappa shape index (κ3) is 4.34. The van der Waals surface area contributed by atoms with Gasteiger partial charge in [-0.1, -0.05) is 78.6 Å². The van der Waals surface area contributed by atoms with Crippen molar-refractivity contribution < 1.29 is 8.42 Å². The Hall–Kier alpha value is -2.69. The standard InChI is InChI=1S/C19H17N5O2S3/c1-2-27-19-21-20-18(28-19)23-29(25,26)16-13-24(15-11-7-4-8-12-15)22-17(16)14-9-5-3-6-10-14/h3-13H,2H2,1H3,(H,20,23). The summed E-state index contributed by atoms with van der Waals surface area (Å²) >= 11 is 2.72. The summed E-state index contributed by atoms with van der Waals surface area (Å²) in [5.41, 5.74) is 1.85. The number of hydrogen-bond acceptors (Lipinski definition) is 7. The van der Waals surface area contributed by atoms with Crippen LogP contribution in [0.2, 0.25) is 0 Å². The number of nitrogens with zero attached hydrogens (tertiary/aromatic N) is 4. The Kier molecular flexibility index (Phi) is 5.65. The number of aromatic nitrogens is 4. The molecule has 4 rings (SSSR count). The first kappa shape index (κ1) is 19.6. The highest BCUT2D eigenvalue weighted by Crippen LogP contribution is 2.31. The number of anilines is 1. The Labute approximate surface area is 176 Å². The van der Waals surface area contributed by atoms with Gasteiger partial charge >= 0.3 is 0 Å². The predicted molar refractivity (Wildman–Crippen MR) is 116 cm³/mol. The van der Waals surface area contributed by atoms with Crippen molar-refractivity contribution >= 4 is 38.3 Å². The van der Waals surface area contributed by atoms with Gasteiger partial charge in [-0.25, -0.2) is 13.1 Å². The summed E-state index contributed by atoms with van der Waals surface area (Å²) in [6.45, 7) is 2.00. The SMILES string of the molecule is CCSc1nnc(NS(=O)(=O)c2cn(-c3ccccc3)nc2-c2ccccc2)s1. The molecule has 10 heteroatoms. The van der Waals surface area contributed by atoms with Crippen molar-refractivity contribution in [3.05, 3.63) is 66.9 Å². The van der Waals surface area contributed by atoms with E-state index in [1.807, 2.05) is 67.6 Å². The van der Waals surface area contributed by atoms with Crippen LogP contribution in [0.3, 0.4) is 0 Å². The fourth-order valence-corrected chi connectivity index (χ4v) is 5.70. The Morgan fingerprint density at radius 2 is 1.72 bits per heavy atom. The zero-order valence-electron chi connectivity index (χ0n) is 15.4. The van der Waals surface area contributed by atoms with Crippen molar-refractivity contribution in [3.8, 4) is 16.9 Å². The highest BCUT2D eigenvalue weighted by Gasteiger charge is 2.25. The van der Waals surface area contributed by atoms with Crippen LogP contribution in [0.15, 0.2) is 76.1 Å². The largest absolute Gasteiger partial charge is 0.267 e. The molecule has 0 atom stereocenters. The lowest BCUT2D eigenvalue weighted by Gasteiger charge is -2.04. The number of thioether (sulfide) groups is 1. The van der Waals surface area contributed by atoms with E-state index in [-0.39, 0.29) is 10.0 Å². The van der Waals surface area contributed by atoms with E-state index in [0.29, 0.717) is 15.6 Å². The number of para-hydroxylation sites is 1. The van der Waals surface area contributed by atoms with Crippen LogP contribution in [0, 0.1) is 0 Å². The second-order valence-corrected chi connectivity index (χ2v) is 10.0. The number of sulfonamides is 1. The molecule has 0 aliphatic carbocycles. The van der Waals surface area contributed by atoms with Crippen LogP contribution >= 0.6 is 23.1 Å². The minimum atomic E-state index is -3.92. The van der Waals surface area contributed by atoms with Crippen molar-refractivity contribution in [2.24, 2.45) is 0 Å². The zero-order chi connectivity index (χ0) is 20.3. The van der Waals surface area contributed by atoms with Crippen LogP contribution < -0.4 is 4.72 Å². The number of nitrogens with one attached hydrogen (secondary N) is 1. The monoisotopic (exact) mass is 443 g/mol. The van der Waals surface area contributed by atoms with Crippen molar-refractivity contribution in [2.75, 3.05) is 10.5 Å². The van der Waals surface area contributed by atoms with Crippen LogP contribution in [-0.4, -0.2) is 34.1 Å². The molecule has 1 N–H and O–H groups in total. The fourth-order valence-electron chi connectivity index (χ4n) is 2.67. The van der Waals surface area contributed by atoms with Crippen LogP contribution in [0.5, 0.6) is 0 Å². The summed E-state index contributed by atoms with van der Waals surface area (Å²) < 4.78 is 31.2.